The van der Waals surface area contributed by atoms with Crippen molar-refractivity contribution in [2.24, 2.45) is 0 Å². The number of ether oxygens (including phenoxy) is 2. The maximum atomic E-state index is 12.8. The molecule has 0 N–H and O–H groups in total. The average Bonchev–Trinajstić information content (AvgIpc) is 2.60. The van der Waals surface area contributed by atoms with Crippen LogP contribution in [0, 0.1) is 0 Å². The van der Waals surface area contributed by atoms with Gasteiger partial charge in [0.25, 0.3) is 0 Å². The summed E-state index contributed by atoms with van der Waals surface area (Å²) in [6.07, 6.45) is 5.02. The number of hydrogen-bond acceptors (Lipinski definition) is 5. The maximum absolute atomic E-state index is 12.8. The molecule has 1 atom stereocenters. The van der Waals surface area contributed by atoms with Gasteiger partial charge in [0.15, 0.2) is 6.29 Å². The van der Waals surface area contributed by atoms with Gasteiger partial charge >= 0.3 is 7.60 Å². The van der Waals surface area contributed by atoms with Gasteiger partial charge in [-0.2, -0.15) is 0 Å². The molecule has 1 heterocycles. The Morgan fingerprint density at radius 1 is 1.21 bits per heavy atom. The van der Waals surface area contributed by atoms with Crippen molar-refractivity contribution in [2.75, 3.05) is 26.4 Å². The standard InChI is InChI=1S/C18H29O5P/c1-3-22-24(19,23-4-2)17-11-7-9-16(15-17)10-8-14-21-18-12-5-6-13-20-18/h7,9,11,15,18H,3-6,8,10,12-14H2,1-2H3. The number of rotatable bonds is 10. The van der Waals surface area contributed by atoms with Crippen molar-refractivity contribution in [3.63, 3.8) is 0 Å². The molecule has 5 nitrogen and oxygen atoms in total. The molecule has 0 amide bonds. The van der Waals surface area contributed by atoms with Gasteiger partial charge in [0.2, 0.25) is 0 Å². The minimum atomic E-state index is -3.21. The van der Waals surface area contributed by atoms with E-state index in [0.717, 1.165) is 37.9 Å². The first-order valence-electron chi connectivity index (χ1n) is 8.89. The lowest BCUT2D eigenvalue weighted by Gasteiger charge is -2.22. The van der Waals surface area contributed by atoms with Crippen LogP contribution in [0.1, 0.15) is 45.1 Å². The molecule has 24 heavy (non-hydrogen) atoms. The van der Waals surface area contributed by atoms with Crippen molar-refractivity contribution in [2.45, 2.75) is 52.2 Å². The van der Waals surface area contributed by atoms with Crippen molar-refractivity contribution in [1.82, 2.24) is 0 Å². The van der Waals surface area contributed by atoms with Crippen LogP contribution in [-0.4, -0.2) is 32.7 Å². The minimum absolute atomic E-state index is 0.0405. The van der Waals surface area contributed by atoms with Crippen molar-refractivity contribution >= 4 is 12.9 Å². The predicted molar refractivity (Wildman–Crippen MR) is 94.8 cm³/mol. The summed E-state index contributed by atoms with van der Waals surface area (Å²) in [4.78, 5) is 0. The second-order valence-electron chi connectivity index (χ2n) is 5.77. The first kappa shape index (κ1) is 19.6. The smallest absolute Gasteiger partial charge is 0.353 e. The van der Waals surface area contributed by atoms with Crippen LogP contribution in [0.2, 0.25) is 0 Å². The summed E-state index contributed by atoms with van der Waals surface area (Å²) in [6.45, 7) is 5.83. The molecule has 0 spiro atoms. The maximum Gasteiger partial charge on any atom is 0.361 e. The molecule has 1 aromatic carbocycles. The third-order valence-corrected chi connectivity index (χ3v) is 5.98. The van der Waals surface area contributed by atoms with Crippen molar-refractivity contribution in [3.8, 4) is 0 Å². The van der Waals surface area contributed by atoms with Crippen molar-refractivity contribution < 1.29 is 23.1 Å². The van der Waals surface area contributed by atoms with Crippen LogP contribution in [0.5, 0.6) is 0 Å². The highest BCUT2D eigenvalue weighted by Crippen LogP contribution is 2.46. The van der Waals surface area contributed by atoms with E-state index >= 15 is 0 Å². The van der Waals surface area contributed by atoms with Crippen LogP contribution < -0.4 is 5.30 Å². The Hall–Kier alpha value is -0.710. The quantitative estimate of drug-likeness (QED) is 0.467. The van der Waals surface area contributed by atoms with Crippen LogP contribution in [0.4, 0.5) is 0 Å². The van der Waals surface area contributed by atoms with Gasteiger partial charge in [0, 0.05) is 6.61 Å². The zero-order valence-electron chi connectivity index (χ0n) is 14.7. The average molecular weight is 356 g/mol. The topological polar surface area (TPSA) is 54.0 Å². The second kappa shape index (κ2) is 10.3. The first-order chi connectivity index (χ1) is 11.7. The molecular formula is C18H29O5P. The summed E-state index contributed by atoms with van der Waals surface area (Å²) in [5.41, 5.74) is 1.11. The van der Waals surface area contributed by atoms with Gasteiger partial charge in [-0.25, -0.2) is 0 Å². The van der Waals surface area contributed by atoms with E-state index in [9.17, 15) is 4.57 Å². The van der Waals surface area contributed by atoms with E-state index < -0.39 is 7.60 Å². The molecule has 0 radical (unpaired) electrons. The summed E-state index contributed by atoms with van der Waals surface area (Å²) < 4.78 is 34.9. The van der Waals surface area contributed by atoms with Crippen LogP contribution in [-0.2, 0) is 29.5 Å². The molecule has 2 rings (SSSR count). The van der Waals surface area contributed by atoms with E-state index in [4.69, 9.17) is 18.5 Å². The SMILES string of the molecule is CCOP(=O)(OCC)c1cccc(CCCOC2CCCCO2)c1. The fourth-order valence-corrected chi connectivity index (χ4v) is 4.39. The Morgan fingerprint density at radius 3 is 2.67 bits per heavy atom. The van der Waals surface area contributed by atoms with Gasteiger partial charge in [0.05, 0.1) is 25.1 Å². The molecule has 0 bridgehead atoms. The fraction of sp³-hybridized carbons (Fsp3) is 0.667. The molecule has 136 valence electrons. The molecule has 1 aliphatic rings. The third-order valence-electron chi connectivity index (χ3n) is 3.88. The molecule has 0 saturated carbocycles. The van der Waals surface area contributed by atoms with E-state index in [1.54, 1.807) is 0 Å². The van der Waals surface area contributed by atoms with Crippen LogP contribution in [0.3, 0.4) is 0 Å². The molecule has 1 aliphatic heterocycles. The van der Waals surface area contributed by atoms with E-state index in [-0.39, 0.29) is 6.29 Å². The Bertz CT molecular complexity index is 518. The second-order valence-corrected chi connectivity index (χ2v) is 7.80. The summed E-state index contributed by atoms with van der Waals surface area (Å²) in [5.74, 6) is 0. The van der Waals surface area contributed by atoms with E-state index in [1.165, 1.54) is 6.42 Å². The molecule has 6 heteroatoms. The molecule has 0 aromatic heterocycles. The lowest BCUT2D eigenvalue weighted by atomic mass is 10.1. The zero-order chi connectivity index (χ0) is 17.3. The number of aryl methyl sites for hydroxylation is 1. The number of benzene rings is 1. The fourth-order valence-electron chi connectivity index (χ4n) is 2.74. The molecule has 1 saturated heterocycles. The monoisotopic (exact) mass is 356 g/mol. The molecular weight excluding hydrogens is 327 g/mol. The Kier molecular flexibility index (Phi) is 8.43. The van der Waals surface area contributed by atoms with Crippen molar-refractivity contribution in [3.05, 3.63) is 29.8 Å². The Balaban J connectivity index is 1.86. The van der Waals surface area contributed by atoms with E-state index in [0.29, 0.717) is 25.1 Å². The van der Waals surface area contributed by atoms with Gasteiger partial charge < -0.3 is 18.5 Å². The summed E-state index contributed by atoms with van der Waals surface area (Å²) in [6, 6.07) is 7.66. The first-order valence-corrected chi connectivity index (χ1v) is 10.4. The highest BCUT2D eigenvalue weighted by Gasteiger charge is 2.26. The van der Waals surface area contributed by atoms with Crippen LogP contribution in [0.25, 0.3) is 0 Å². The van der Waals surface area contributed by atoms with Crippen LogP contribution >= 0.6 is 7.60 Å². The molecule has 0 aliphatic carbocycles. The van der Waals surface area contributed by atoms with Crippen molar-refractivity contribution in [1.29, 1.82) is 0 Å². The normalized spacial score (nSPS) is 18.7. The largest absolute Gasteiger partial charge is 0.361 e. The summed E-state index contributed by atoms with van der Waals surface area (Å²) in [5, 5.41) is 0.625. The Morgan fingerprint density at radius 2 is 2.00 bits per heavy atom. The number of hydrogen-bond donors (Lipinski definition) is 0. The van der Waals surface area contributed by atoms with E-state index in [1.807, 2.05) is 38.1 Å². The predicted octanol–water partition coefficient (Wildman–Crippen LogP) is 4.05. The zero-order valence-corrected chi connectivity index (χ0v) is 15.6. The van der Waals surface area contributed by atoms with Gasteiger partial charge in [-0.15, -0.1) is 0 Å². The van der Waals surface area contributed by atoms with Crippen LogP contribution in [0.15, 0.2) is 24.3 Å². The lowest BCUT2D eigenvalue weighted by Crippen LogP contribution is -2.22. The van der Waals surface area contributed by atoms with E-state index in [2.05, 4.69) is 0 Å². The lowest BCUT2D eigenvalue weighted by molar-refractivity contribution is -0.162. The molecule has 1 aromatic rings. The van der Waals surface area contributed by atoms with Gasteiger partial charge in [0.1, 0.15) is 0 Å². The summed E-state index contributed by atoms with van der Waals surface area (Å²) in [7, 11) is -3.21. The molecule has 1 fully saturated rings. The summed E-state index contributed by atoms with van der Waals surface area (Å²) >= 11 is 0. The highest BCUT2D eigenvalue weighted by atomic mass is 31.2. The minimum Gasteiger partial charge on any atom is -0.353 e. The van der Waals surface area contributed by atoms with Gasteiger partial charge in [-0.1, -0.05) is 12.1 Å². The Labute approximate surface area is 145 Å². The van der Waals surface area contributed by atoms with Gasteiger partial charge in [-0.3, -0.25) is 4.57 Å². The molecule has 1 unspecified atom stereocenters. The highest BCUT2D eigenvalue weighted by molar-refractivity contribution is 7.62. The van der Waals surface area contributed by atoms with Gasteiger partial charge in [-0.05, 0) is 63.6 Å². The third kappa shape index (κ3) is 5.98.